The second-order valence-corrected chi connectivity index (χ2v) is 5.08. The number of ether oxygens (including phenoxy) is 1. The normalized spacial score (nSPS) is 17.5. The first-order valence-corrected chi connectivity index (χ1v) is 6.99. The molecule has 3 rings (SSSR count). The predicted octanol–water partition coefficient (Wildman–Crippen LogP) is 2.25. The summed E-state index contributed by atoms with van der Waals surface area (Å²) in [6, 6.07) is 9.53. The van der Waals surface area contributed by atoms with Crippen LogP contribution in [0.5, 0.6) is 5.75 Å². The molecule has 0 aliphatic carbocycles. The molecule has 21 heavy (non-hydrogen) atoms. The van der Waals surface area contributed by atoms with E-state index < -0.39 is 0 Å². The Morgan fingerprint density at radius 2 is 2.14 bits per heavy atom. The Morgan fingerprint density at radius 1 is 1.29 bits per heavy atom. The van der Waals surface area contributed by atoms with E-state index in [2.05, 4.69) is 20.9 Å². The fourth-order valence-corrected chi connectivity index (χ4v) is 2.55. The molecule has 0 N–H and O–H groups in total. The zero-order chi connectivity index (χ0) is 14.5. The van der Waals surface area contributed by atoms with Gasteiger partial charge < -0.3 is 9.64 Å². The van der Waals surface area contributed by atoms with Crippen molar-refractivity contribution in [1.29, 1.82) is 5.26 Å². The summed E-state index contributed by atoms with van der Waals surface area (Å²) in [6.07, 6.45) is 6.23. The predicted molar refractivity (Wildman–Crippen MR) is 79.0 cm³/mol. The molecule has 1 saturated heterocycles. The van der Waals surface area contributed by atoms with Crippen molar-refractivity contribution in [2.24, 2.45) is 5.92 Å². The van der Waals surface area contributed by atoms with E-state index >= 15 is 0 Å². The zero-order valence-corrected chi connectivity index (χ0v) is 11.6. The van der Waals surface area contributed by atoms with Crippen molar-refractivity contribution in [3.05, 3.63) is 48.4 Å². The Bertz CT molecular complexity index is 638. The quantitative estimate of drug-likeness (QED) is 0.859. The van der Waals surface area contributed by atoms with Crippen molar-refractivity contribution in [2.45, 2.75) is 6.42 Å². The van der Waals surface area contributed by atoms with Gasteiger partial charge in [0.25, 0.3) is 0 Å². The molecule has 3 heterocycles. The summed E-state index contributed by atoms with van der Waals surface area (Å²) in [5, 5.41) is 9.15. The second kappa shape index (κ2) is 6.23. The van der Waals surface area contributed by atoms with Gasteiger partial charge in [0.15, 0.2) is 0 Å². The van der Waals surface area contributed by atoms with Crippen LogP contribution in [0.2, 0.25) is 0 Å². The Labute approximate surface area is 123 Å². The molecule has 0 spiro atoms. The molecule has 5 nitrogen and oxygen atoms in total. The number of nitriles is 1. The van der Waals surface area contributed by atoms with Crippen LogP contribution in [0, 0.1) is 17.2 Å². The highest BCUT2D eigenvalue weighted by Gasteiger charge is 2.25. The van der Waals surface area contributed by atoms with Crippen LogP contribution in [0.25, 0.3) is 0 Å². The standard InChI is InChI=1S/C16H16N4O/c17-10-14-2-1-6-19-16(14)20-9-5-13(11-20)12-21-15-3-7-18-8-4-15/h1-4,6-8,13H,5,9,11-12H2. The minimum absolute atomic E-state index is 0.451. The van der Waals surface area contributed by atoms with Gasteiger partial charge in [0.2, 0.25) is 0 Å². The van der Waals surface area contributed by atoms with Gasteiger partial charge in [-0.15, -0.1) is 0 Å². The van der Waals surface area contributed by atoms with Gasteiger partial charge in [-0.1, -0.05) is 0 Å². The highest BCUT2D eigenvalue weighted by atomic mass is 16.5. The van der Waals surface area contributed by atoms with E-state index in [1.807, 2.05) is 18.2 Å². The average molecular weight is 280 g/mol. The lowest BCUT2D eigenvalue weighted by Crippen LogP contribution is -2.23. The summed E-state index contributed by atoms with van der Waals surface area (Å²) in [5.41, 5.74) is 0.633. The molecule has 5 heteroatoms. The highest BCUT2D eigenvalue weighted by Crippen LogP contribution is 2.25. The summed E-state index contributed by atoms with van der Waals surface area (Å²) in [7, 11) is 0. The third-order valence-corrected chi connectivity index (χ3v) is 3.63. The molecule has 0 saturated carbocycles. The molecule has 1 aliphatic rings. The summed E-state index contributed by atoms with van der Waals surface area (Å²) < 4.78 is 5.78. The second-order valence-electron chi connectivity index (χ2n) is 5.08. The SMILES string of the molecule is N#Cc1cccnc1N1CCC(COc2ccncc2)C1. The van der Waals surface area contributed by atoms with Gasteiger partial charge in [0.1, 0.15) is 17.6 Å². The van der Waals surface area contributed by atoms with Gasteiger partial charge in [0.05, 0.1) is 12.2 Å². The molecule has 2 aromatic heterocycles. The maximum atomic E-state index is 9.15. The molecule has 1 aliphatic heterocycles. The van der Waals surface area contributed by atoms with Gasteiger partial charge in [-0.25, -0.2) is 4.98 Å². The lowest BCUT2D eigenvalue weighted by Gasteiger charge is -2.18. The topological polar surface area (TPSA) is 62.0 Å². The molecule has 1 fully saturated rings. The first-order chi connectivity index (χ1) is 10.4. The van der Waals surface area contributed by atoms with Gasteiger partial charge in [-0.3, -0.25) is 4.98 Å². The van der Waals surface area contributed by atoms with Crippen LogP contribution in [0.1, 0.15) is 12.0 Å². The van der Waals surface area contributed by atoms with E-state index in [1.54, 1.807) is 24.7 Å². The summed E-state index contributed by atoms with van der Waals surface area (Å²) in [6.45, 7) is 2.46. The van der Waals surface area contributed by atoms with Crippen LogP contribution >= 0.6 is 0 Å². The molecule has 1 atom stereocenters. The molecule has 0 amide bonds. The van der Waals surface area contributed by atoms with Crippen LogP contribution < -0.4 is 9.64 Å². The molecular weight excluding hydrogens is 264 g/mol. The molecule has 2 aromatic rings. The van der Waals surface area contributed by atoms with Crippen molar-refractivity contribution >= 4 is 5.82 Å². The minimum Gasteiger partial charge on any atom is -0.493 e. The van der Waals surface area contributed by atoms with Crippen LogP contribution in [-0.2, 0) is 0 Å². The molecular formula is C16H16N4O. The monoisotopic (exact) mass is 280 g/mol. The fraction of sp³-hybridized carbons (Fsp3) is 0.312. The number of pyridine rings is 2. The van der Waals surface area contributed by atoms with Gasteiger partial charge in [0, 0.05) is 37.6 Å². The molecule has 0 bridgehead atoms. The van der Waals surface area contributed by atoms with Crippen LogP contribution in [0.4, 0.5) is 5.82 Å². The zero-order valence-electron chi connectivity index (χ0n) is 11.6. The van der Waals surface area contributed by atoms with E-state index in [9.17, 15) is 0 Å². The smallest absolute Gasteiger partial charge is 0.146 e. The summed E-state index contributed by atoms with van der Waals surface area (Å²) in [4.78, 5) is 10.5. The van der Waals surface area contributed by atoms with Gasteiger partial charge in [-0.05, 0) is 30.7 Å². The lowest BCUT2D eigenvalue weighted by atomic mass is 10.1. The van der Waals surface area contributed by atoms with Crippen molar-refractivity contribution < 1.29 is 4.74 Å². The number of aromatic nitrogens is 2. The van der Waals surface area contributed by atoms with Crippen molar-refractivity contribution in [1.82, 2.24) is 9.97 Å². The Kier molecular flexibility index (Phi) is 3.97. The van der Waals surface area contributed by atoms with E-state index in [0.29, 0.717) is 18.1 Å². The molecule has 1 unspecified atom stereocenters. The van der Waals surface area contributed by atoms with E-state index in [0.717, 1.165) is 31.1 Å². The molecule has 0 aromatic carbocycles. The Hall–Kier alpha value is -2.61. The number of anilines is 1. The maximum absolute atomic E-state index is 9.15. The highest BCUT2D eigenvalue weighted by molar-refractivity contribution is 5.54. The van der Waals surface area contributed by atoms with Crippen molar-refractivity contribution in [2.75, 3.05) is 24.6 Å². The summed E-state index contributed by atoms with van der Waals surface area (Å²) in [5.74, 6) is 2.08. The number of hydrogen-bond acceptors (Lipinski definition) is 5. The van der Waals surface area contributed by atoms with Gasteiger partial charge >= 0.3 is 0 Å². The van der Waals surface area contributed by atoms with Crippen molar-refractivity contribution in [3.8, 4) is 11.8 Å². The van der Waals surface area contributed by atoms with E-state index in [1.165, 1.54) is 0 Å². The van der Waals surface area contributed by atoms with Crippen LogP contribution in [-0.4, -0.2) is 29.7 Å². The van der Waals surface area contributed by atoms with Gasteiger partial charge in [-0.2, -0.15) is 5.26 Å². The van der Waals surface area contributed by atoms with Crippen LogP contribution in [0.15, 0.2) is 42.9 Å². The molecule has 106 valence electrons. The van der Waals surface area contributed by atoms with E-state index in [4.69, 9.17) is 10.00 Å². The summed E-state index contributed by atoms with van der Waals surface area (Å²) >= 11 is 0. The van der Waals surface area contributed by atoms with Crippen molar-refractivity contribution in [3.63, 3.8) is 0 Å². The third-order valence-electron chi connectivity index (χ3n) is 3.63. The number of hydrogen-bond donors (Lipinski definition) is 0. The maximum Gasteiger partial charge on any atom is 0.146 e. The van der Waals surface area contributed by atoms with E-state index in [-0.39, 0.29) is 0 Å². The Morgan fingerprint density at radius 3 is 2.95 bits per heavy atom. The first-order valence-electron chi connectivity index (χ1n) is 6.99. The first kappa shape index (κ1) is 13.4. The Balaban J connectivity index is 1.60. The lowest BCUT2D eigenvalue weighted by molar-refractivity contribution is 0.261. The number of rotatable bonds is 4. The molecule has 0 radical (unpaired) electrons. The van der Waals surface area contributed by atoms with Crippen LogP contribution in [0.3, 0.4) is 0 Å². The average Bonchev–Trinajstić information content (AvgIpc) is 3.02. The minimum atomic E-state index is 0.451. The fourth-order valence-electron chi connectivity index (χ4n) is 2.55. The number of nitrogens with zero attached hydrogens (tertiary/aromatic N) is 4. The largest absolute Gasteiger partial charge is 0.493 e. The third kappa shape index (κ3) is 3.11.